The van der Waals surface area contributed by atoms with E-state index < -0.39 is 15.7 Å². The van der Waals surface area contributed by atoms with Crippen LogP contribution in [0.4, 0.5) is 21.8 Å². The van der Waals surface area contributed by atoms with Crippen LogP contribution < -0.4 is 15.8 Å². The molecule has 0 aliphatic carbocycles. The Hall–Kier alpha value is -2.42. The molecule has 0 saturated heterocycles. The molecule has 0 radical (unpaired) electrons. The van der Waals surface area contributed by atoms with Crippen molar-refractivity contribution in [3.63, 3.8) is 0 Å². The molecular weight excluding hydrogens is 323 g/mol. The molecule has 0 fully saturated rings. The van der Waals surface area contributed by atoms with Gasteiger partial charge >= 0.3 is 0 Å². The van der Waals surface area contributed by atoms with Crippen LogP contribution in [-0.4, -0.2) is 38.2 Å². The van der Waals surface area contributed by atoms with Crippen LogP contribution in [0.15, 0.2) is 27.9 Å². The Kier molecular flexibility index (Phi) is 3.59. The third-order valence-electron chi connectivity index (χ3n) is 3.72. The number of nitrogens with one attached hydrogen (secondary N) is 2. The largest absolute Gasteiger partial charge is 0.359 e. The predicted molar refractivity (Wildman–Crippen MR) is 84.6 cm³/mol. The number of nitrogens with zero attached hydrogens (tertiary/aromatic N) is 2. The van der Waals surface area contributed by atoms with Crippen molar-refractivity contribution in [3.05, 3.63) is 39.9 Å². The maximum atomic E-state index is 14.4. The number of fused-ring (bicyclic) bond motifs is 1. The van der Waals surface area contributed by atoms with Crippen molar-refractivity contribution in [2.24, 2.45) is 0 Å². The highest BCUT2D eigenvalue weighted by Gasteiger charge is 2.27. The summed E-state index contributed by atoms with van der Waals surface area (Å²) in [6, 6.07) is 3.74. The van der Waals surface area contributed by atoms with E-state index in [1.165, 1.54) is 12.1 Å². The molecule has 0 bridgehead atoms. The SMILES string of the molecule is CNc1nc(=O)c2c([nH]1)N(c1ccc(S(C)(=O)=O)cc1F)CC2. The number of aromatic amines is 1. The van der Waals surface area contributed by atoms with E-state index in [1.54, 1.807) is 11.9 Å². The quantitative estimate of drug-likeness (QED) is 0.868. The van der Waals surface area contributed by atoms with Gasteiger partial charge in [0.15, 0.2) is 9.84 Å². The van der Waals surface area contributed by atoms with Crippen LogP contribution in [0.25, 0.3) is 0 Å². The van der Waals surface area contributed by atoms with Gasteiger partial charge in [-0.25, -0.2) is 12.8 Å². The molecule has 9 heteroatoms. The summed E-state index contributed by atoms with van der Waals surface area (Å²) in [5.74, 6) is 0.0959. The number of hydrogen-bond acceptors (Lipinski definition) is 6. The molecule has 23 heavy (non-hydrogen) atoms. The topological polar surface area (TPSA) is 95.2 Å². The molecule has 0 unspecified atom stereocenters. The number of sulfone groups is 1. The second-order valence-corrected chi connectivity index (χ2v) is 7.27. The summed E-state index contributed by atoms with van der Waals surface area (Å²) in [5, 5.41) is 2.75. The molecule has 2 N–H and O–H groups in total. The molecule has 2 heterocycles. The molecule has 0 atom stereocenters. The molecule has 1 aromatic heterocycles. The Morgan fingerprint density at radius 3 is 2.74 bits per heavy atom. The van der Waals surface area contributed by atoms with Crippen LogP contribution in [0, 0.1) is 5.82 Å². The fourth-order valence-electron chi connectivity index (χ4n) is 2.57. The first-order chi connectivity index (χ1) is 10.8. The summed E-state index contributed by atoms with van der Waals surface area (Å²) in [4.78, 5) is 20.3. The van der Waals surface area contributed by atoms with Crippen molar-refractivity contribution >= 4 is 27.3 Å². The van der Waals surface area contributed by atoms with Crippen molar-refractivity contribution in [2.75, 3.05) is 30.1 Å². The molecule has 1 aliphatic rings. The van der Waals surface area contributed by atoms with Gasteiger partial charge in [-0.05, 0) is 24.6 Å². The molecule has 0 spiro atoms. The molecule has 2 aromatic rings. The first-order valence-electron chi connectivity index (χ1n) is 6.89. The van der Waals surface area contributed by atoms with Gasteiger partial charge in [0, 0.05) is 19.8 Å². The van der Waals surface area contributed by atoms with Crippen molar-refractivity contribution in [1.82, 2.24) is 9.97 Å². The van der Waals surface area contributed by atoms with Crippen molar-refractivity contribution in [1.29, 1.82) is 0 Å². The van der Waals surface area contributed by atoms with Gasteiger partial charge in [0.05, 0.1) is 16.1 Å². The van der Waals surface area contributed by atoms with Gasteiger partial charge < -0.3 is 15.2 Å². The number of aromatic nitrogens is 2. The van der Waals surface area contributed by atoms with Crippen LogP contribution in [0.1, 0.15) is 5.56 Å². The third kappa shape index (κ3) is 2.67. The van der Waals surface area contributed by atoms with Gasteiger partial charge in [-0.2, -0.15) is 4.98 Å². The van der Waals surface area contributed by atoms with Crippen LogP contribution in [0.5, 0.6) is 0 Å². The van der Waals surface area contributed by atoms with Gasteiger partial charge in [0.2, 0.25) is 5.95 Å². The molecule has 0 saturated carbocycles. The smallest absolute Gasteiger partial charge is 0.279 e. The summed E-state index contributed by atoms with van der Waals surface area (Å²) in [5.41, 5.74) is 0.328. The Morgan fingerprint density at radius 2 is 2.13 bits per heavy atom. The summed E-state index contributed by atoms with van der Waals surface area (Å²) in [6.45, 7) is 0.408. The van der Waals surface area contributed by atoms with E-state index in [2.05, 4.69) is 15.3 Å². The lowest BCUT2D eigenvalue weighted by Gasteiger charge is -2.20. The van der Waals surface area contributed by atoms with Crippen molar-refractivity contribution < 1.29 is 12.8 Å². The first kappa shape index (κ1) is 15.5. The molecule has 122 valence electrons. The van der Waals surface area contributed by atoms with Gasteiger partial charge in [-0.15, -0.1) is 0 Å². The van der Waals surface area contributed by atoms with E-state index in [-0.39, 0.29) is 22.1 Å². The maximum Gasteiger partial charge on any atom is 0.279 e. The lowest BCUT2D eigenvalue weighted by molar-refractivity contribution is 0.595. The standard InChI is InChI=1S/C14H15FN4O3S/c1-16-14-17-12-9(13(20)18-14)5-6-19(12)11-4-3-8(7-10(11)15)23(2,21)22/h3-4,7H,5-6H2,1-2H3,(H2,16,17,18,20). The lowest BCUT2D eigenvalue weighted by Crippen LogP contribution is -2.19. The Labute approximate surface area is 132 Å². The average Bonchev–Trinajstić information content (AvgIpc) is 2.90. The molecule has 1 aliphatic heterocycles. The van der Waals surface area contributed by atoms with Crippen LogP contribution in [0.2, 0.25) is 0 Å². The van der Waals surface area contributed by atoms with E-state index in [1.807, 2.05) is 0 Å². The summed E-state index contributed by atoms with van der Waals surface area (Å²) in [6.07, 6.45) is 1.46. The normalized spacial score (nSPS) is 14.0. The van der Waals surface area contributed by atoms with E-state index in [4.69, 9.17) is 0 Å². The maximum absolute atomic E-state index is 14.4. The number of benzene rings is 1. The number of hydrogen-bond donors (Lipinski definition) is 2. The zero-order chi connectivity index (χ0) is 16.8. The lowest BCUT2D eigenvalue weighted by atomic mass is 10.2. The third-order valence-corrected chi connectivity index (χ3v) is 4.83. The average molecular weight is 338 g/mol. The Morgan fingerprint density at radius 1 is 1.39 bits per heavy atom. The van der Waals surface area contributed by atoms with Gasteiger partial charge in [0.1, 0.15) is 11.6 Å². The van der Waals surface area contributed by atoms with E-state index in [9.17, 15) is 17.6 Å². The second kappa shape index (κ2) is 5.34. The zero-order valence-corrected chi connectivity index (χ0v) is 13.4. The number of rotatable bonds is 3. The fourth-order valence-corrected chi connectivity index (χ4v) is 3.21. The summed E-state index contributed by atoms with van der Waals surface area (Å²) < 4.78 is 37.4. The Balaban J connectivity index is 2.10. The number of anilines is 3. The molecule has 1 aromatic carbocycles. The van der Waals surface area contributed by atoms with Gasteiger partial charge in [0.25, 0.3) is 5.56 Å². The molecule has 3 rings (SSSR count). The summed E-state index contributed by atoms with van der Waals surface area (Å²) >= 11 is 0. The minimum Gasteiger partial charge on any atom is -0.359 e. The second-order valence-electron chi connectivity index (χ2n) is 5.25. The fraction of sp³-hybridized carbons (Fsp3) is 0.286. The van der Waals surface area contributed by atoms with Gasteiger partial charge in [-0.1, -0.05) is 0 Å². The van der Waals surface area contributed by atoms with Crippen LogP contribution in [-0.2, 0) is 16.3 Å². The van der Waals surface area contributed by atoms with Crippen LogP contribution in [0.3, 0.4) is 0 Å². The van der Waals surface area contributed by atoms with Gasteiger partial charge in [-0.3, -0.25) is 4.79 Å². The Bertz CT molecular complexity index is 940. The molecular formula is C14H15FN4O3S. The number of halogens is 1. The molecule has 0 amide bonds. The highest BCUT2D eigenvalue weighted by molar-refractivity contribution is 7.90. The van der Waals surface area contributed by atoms with Crippen molar-refractivity contribution in [3.8, 4) is 0 Å². The first-order valence-corrected chi connectivity index (χ1v) is 8.78. The molecule has 7 nitrogen and oxygen atoms in total. The highest BCUT2D eigenvalue weighted by Crippen LogP contribution is 2.33. The minimum atomic E-state index is -3.48. The van der Waals surface area contributed by atoms with E-state index in [0.717, 1.165) is 12.3 Å². The van der Waals surface area contributed by atoms with Crippen molar-refractivity contribution in [2.45, 2.75) is 11.3 Å². The minimum absolute atomic E-state index is 0.0858. The summed E-state index contributed by atoms with van der Waals surface area (Å²) in [7, 11) is -1.86. The number of H-pyrrole nitrogens is 1. The predicted octanol–water partition coefficient (Wildman–Crippen LogP) is 1.05. The van der Waals surface area contributed by atoms with E-state index in [0.29, 0.717) is 24.3 Å². The zero-order valence-electron chi connectivity index (χ0n) is 12.6. The monoisotopic (exact) mass is 338 g/mol. The van der Waals surface area contributed by atoms with E-state index >= 15 is 0 Å². The highest BCUT2D eigenvalue weighted by atomic mass is 32.2. The van der Waals surface area contributed by atoms with Crippen LogP contribution >= 0.6 is 0 Å².